The molecule has 6 nitrogen and oxygen atoms in total. The fourth-order valence-corrected chi connectivity index (χ4v) is 1.40. The van der Waals surface area contributed by atoms with Gasteiger partial charge in [0.25, 0.3) is 0 Å². The molecule has 94 valence electrons. The molecule has 1 heterocycles. The van der Waals surface area contributed by atoms with E-state index in [1.54, 1.807) is 12.3 Å². The zero-order valence-corrected chi connectivity index (χ0v) is 10.2. The lowest BCUT2D eigenvalue weighted by Crippen LogP contribution is -2.41. The van der Waals surface area contributed by atoms with Gasteiger partial charge in [-0.05, 0) is 26.2 Å². The van der Waals surface area contributed by atoms with Gasteiger partial charge in [-0.15, -0.1) is 0 Å². The Hall–Kier alpha value is -1.82. The molecule has 0 fully saturated rings. The Morgan fingerprint density at radius 2 is 2.12 bits per heavy atom. The molecule has 1 atom stereocenters. The molecular formula is C11H17N3O3. The van der Waals surface area contributed by atoms with E-state index in [1.807, 2.05) is 25.1 Å². The summed E-state index contributed by atoms with van der Waals surface area (Å²) in [6.45, 7) is 0.312. The number of carbonyl (C=O) groups is 2. The number of rotatable bonds is 4. The van der Waals surface area contributed by atoms with Crippen molar-refractivity contribution in [2.45, 2.75) is 6.04 Å². The Morgan fingerprint density at radius 1 is 1.41 bits per heavy atom. The van der Waals surface area contributed by atoms with E-state index in [4.69, 9.17) is 4.42 Å². The number of furan rings is 1. The molecule has 0 aliphatic heterocycles. The number of nitrogens with zero attached hydrogens (tertiary/aromatic N) is 1. The van der Waals surface area contributed by atoms with E-state index < -0.39 is 11.8 Å². The highest BCUT2D eigenvalue weighted by atomic mass is 16.3. The van der Waals surface area contributed by atoms with Gasteiger partial charge >= 0.3 is 11.8 Å². The minimum atomic E-state index is -0.651. The fraction of sp³-hybridized carbons (Fsp3) is 0.455. The summed E-state index contributed by atoms with van der Waals surface area (Å²) in [5.41, 5.74) is 0. The lowest BCUT2D eigenvalue weighted by Gasteiger charge is -2.22. The lowest BCUT2D eigenvalue weighted by atomic mass is 10.2. The second kappa shape index (κ2) is 6.05. The van der Waals surface area contributed by atoms with Crippen molar-refractivity contribution in [2.24, 2.45) is 0 Å². The fourth-order valence-electron chi connectivity index (χ4n) is 1.40. The molecule has 0 aromatic carbocycles. The normalized spacial score (nSPS) is 12.2. The summed E-state index contributed by atoms with van der Waals surface area (Å²) < 4.78 is 5.28. The van der Waals surface area contributed by atoms with Crippen LogP contribution in [0.2, 0.25) is 0 Å². The summed E-state index contributed by atoms with van der Waals surface area (Å²) in [5.74, 6) is -0.555. The third-order valence-corrected chi connectivity index (χ3v) is 2.38. The molecule has 6 heteroatoms. The summed E-state index contributed by atoms with van der Waals surface area (Å²) in [4.78, 5) is 24.2. The Labute approximate surface area is 100.0 Å². The highest BCUT2D eigenvalue weighted by Crippen LogP contribution is 2.17. The molecule has 2 amide bonds. The molecule has 1 aromatic heterocycles. The van der Waals surface area contributed by atoms with E-state index >= 15 is 0 Å². The van der Waals surface area contributed by atoms with Crippen LogP contribution in [-0.4, -0.2) is 44.4 Å². The summed E-state index contributed by atoms with van der Waals surface area (Å²) in [6.07, 6.45) is 1.58. The molecule has 0 saturated heterocycles. The zero-order chi connectivity index (χ0) is 12.8. The second-order valence-electron chi connectivity index (χ2n) is 3.78. The van der Waals surface area contributed by atoms with Gasteiger partial charge < -0.3 is 15.1 Å². The zero-order valence-electron chi connectivity index (χ0n) is 10.2. The third-order valence-electron chi connectivity index (χ3n) is 2.38. The molecule has 0 saturated carbocycles. The molecule has 0 bridgehead atoms. The van der Waals surface area contributed by atoms with Crippen molar-refractivity contribution in [2.75, 3.05) is 27.7 Å². The highest BCUT2D eigenvalue weighted by molar-refractivity contribution is 6.35. The second-order valence-corrected chi connectivity index (χ2v) is 3.78. The van der Waals surface area contributed by atoms with Gasteiger partial charge in [0.1, 0.15) is 5.76 Å². The number of likely N-dealkylation sites (N-methyl/N-ethyl adjacent to an activating group) is 2. The standard InChI is InChI=1S/C11H17N3O3/c1-12-10(15)11(16)13-7-8(14(2)3)9-5-4-6-17-9/h4-6,8H,7H2,1-3H3,(H,12,15)(H,13,16)/t8-/m1/s1. The third kappa shape index (κ3) is 3.60. The van der Waals surface area contributed by atoms with Crippen molar-refractivity contribution in [1.82, 2.24) is 15.5 Å². The molecule has 2 N–H and O–H groups in total. The maximum atomic E-state index is 11.3. The van der Waals surface area contributed by atoms with E-state index in [1.165, 1.54) is 7.05 Å². The molecule has 0 spiro atoms. The minimum absolute atomic E-state index is 0.0985. The van der Waals surface area contributed by atoms with Crippen LogP contribution in [0.15, 0.2) is 22.8 Å². The summed E-state index contributed by atoms with van der Waals surface area (Å²) in [6, 6.07) is 3.52. The summed E-state index contributed by atoms with van der Waals surface area (Å²) in [5, 5.41) is 4.81. The first-order chi connectivity index (χ1) is 8.06. The number of hydrogen-bond donors (Lipinski definition) is 2. The first-order valence-corrected chi connectivity index (χ1v) is 5.26. The SMILES string of the molecule is CNC(=O)C(=O)NC[C@H](c1ccco1)N(C)C. The topological polar surface area (TPSA) is 74.6 Å². The number of nitrogens with one attached hydrogen (secondary N) is 2. The molecule has 0 unspecified atom stereocenters. The van der Waals surface area contributed by atoms with Crippen LogP contribution in [-0.2, 0) is 9.59 Å². The smallest absolute Gasteiger partial charge is 0.309 e. The van der Waals surface area contributed by atoms with Gasteiger partial charge in [-0.1, -0.05) is 0 Å². The predicted octanol–water partition coefficient (Wildman–Crippen LogP) is -0.255. The van der Waals surface area contributed by atoms with Gasteiger partial charge in [-0.3, -0.25) is 14.5 Å². The average molecular weight is 239 g/mol. The van der Waals surface area contributed by atoms with Gasteiger partial charge in [0.05, 0.1) is 12.3 Å². The number of hydrogen-bond acceptors (Lipinski definition) is 4. The van der Waals surface area contributed by atoms with E-state index in [0.29, 0.717) is 6.54 Å². The van der Waals surface area contributed by atoms with Crippen LogP contribution in [0.5, 0.6) is 0 Å². The van der Waals surface area contributed by atoms with Crippen molar-refractivity contribution in [1.29, 1.82) is 0 Å². The summed E-state index contributed by atoms with van der Waals surface area (Å²) >= 11 is 0. The van der Waals surface area contributed by atoms with Gasteiger partial charge in [0.15, 0.2) is 0 Å². The maximum absolute atomic E-state index is 11.3. The van der Waals surface area contributed by atoms with E-state index in [-0.39, 0.29) is 6.04 Å². The average Bonchev–Trinajstić information content (AvgIpc) is 2.81. The summed E-state index contributed by atoms with van der Waals surface area (Å²) in [7, 11) is 5.16. The van der Waals surface area contributed by atoms with Gasteiger partial charge in [-0.25, -0.2) is 0 Å². The van der Waals surface area contributed by atoms with Crippen LogP contribution in [0.1, 0.15) is 11.8 Å². The minimum Gasteiger partial charge on any atom is -0.468 e. The van der Waals surface area contributed by atoms with E-state index in [0.717, 1.165) is 5.76 Å². The van der Waals surface area contributed by atoms with E-state index in [9.17, 15) is 9.59 Å². The van der Waals surface area contributed by atoms with Crippen LogP contribution in [0, 0.1) is 0 Å². The van der Waals surface area contributed by atoms with Crippen molar-refractivity contribution >= 4 is 11.8 Å². The van der Waals surface area contributed by atoms with Crippen LogP contribution in [0.25, 0.3) is 0 Å². The Morgan fingerprint density at radius 3 is 2.59 bits per heavy atom. The molecule has 0 aliphatic carbocycles. The van der Waals surface area contributed by atoms with Crippen molar-refractivity contribution in [3.8, 4) is 0 Å². The van der Waals surface area contributed by atoms with Crippen LogP contribution >= 0.6 is 0 Å². The Balaban J connectivity index is 2.58. The lowest BCUT2D eigenvalue weighted by molar-refractivity contribution is -0.139. The van der Waals surface area contributed by atoms with Crippen LogP contribution in [0.3, 0.4) is 0 Å². The van der Waals surface area contributed by atoms with E-state index in [2.05, 4.69) is 10.6 Å². The molecule has 17 heavy (non-hydrogen) atoms. The monoisotopic (exact) mass is 239 g/mol. The largest absolute Gasteiger partial charge is 0.468 e. The maximum Gasteiger partial charge on any atom is 0.309 e. The molecular weight excluding hydrogens is 222 g/mol. The molecule has 1 aromatic rings. The first-order valence-electron chi connectivity index (χ1n) is 5.26. The van der Waals surface area contributed by atoms with Crippen molar-refractivity contribution < 1.29 is 14.0 Å². The van der Waals surface area contributed by atoms with Crippen molar-refractivity contribution in [3.63, 3.8) is 0 Å². The van der Waals surface area contributed by atoms with Crippen molar-refractivity contribution in [3.05, 3.63) is 24.2 Å². The number of carbonyl (C=O) groups excluding carboxylic acids is 2. The first kappa shape index (κ1) is 13.2. The quantitative estimate of drug-likeness (QED) is 0.710. The van der Waals surface area contributed by atoms with Gasteiger partial charge in [0.2, 0.25) is 0 Å². The van der Waals surface area contributed by atoms with Crippen LogP contribution < -0.4 is 10.6 Å². The highest BCUT2D eigenvalue weighted by Gasteiger charge is 2.19. The number of amides is 2. The Kier molecular flexibility index (Phi) is 4.71. The van der Waals surface area contributed by atoms with Gasteiger partial charge in [0, 0.05) is 13.6 Å². The Bertz CT molecular complexity index is 373. The molecule has 0 aliphatic rings. The van der Waals surface area contributed by atoms with Gasteiger partial charge in [-0.2, -0.15) is 0 Å². The molecule has 0 radical (unpaired) electrons. The molecule has 1 rings (SSSR count). The predicted molar refractivity (Wildman–Crippen MR) is 62.2 cm³/mol. The van der Waals surface area contributed by atoms with Crippen LogP contribution in [0.4, 0.5) is 0 Å².